The van der Waals surface area contributed by atoms with E-state index >= 15 is 0 Å². The number of carboxylic acid groups (broad SMARTS) is 1. The van der Waals surface area contributed by atoms with Crippen molar-refractivity contribution in [2.75, 3.05) is 18.0 Å². The first-order chi connectivity index (χ1) is 10.3. The van der Waals surface area contributed by atoms with Crippen LogP contribution in [0.25, 0.3) is 0 Å². The minimum Gasteiger partial charge on any atom is -0.481 e. The van der Waals surface area contributed by atoms with Gasteiger partial charge in [-0.3, -0.25) is 4.79 Å². The molecule has 1 aliphatic rings. The van der Waals surface area contributed by atoms with Crippen LogP contribution in [-0.2, 0) is 11.2 Å². The summed E-state index contributed by atoms with van der Waals surface area (Å²) >= 11 is 0. The van der Waals surface area contributed by atoms with Gasteiger partial charge in [-0.05, 0) is 30.0 Å². The molecule has 1 aliphatic heterocycles. The average molecular weight is 281 g/mol. The zero-order valence-corrected chi connectivity index (χ0v) is 11.9. The number of aliphatic carboxylic acids is 1. The molecule has 1 unspecified atom stereocenters. The van der Waals surface area contributed by atoms with Gasteiger partial charge >= 0.3 is 5.97 Å². The van der Waals surface area contributed by atoms with Crippen LogP contribution in [0.3, 0.4) is 0 Å². The maximum absolute atomic E-state index is 11.7. The Morgan fingerprint density at radius 3 is 2.57 bits per heavy atom. The molecule has 0 bridgehead atoms. The van der Waals surface area contributed by atoms with E-state index in [-0.39, 0.29) is 0 Å². The number of nitrogens with zero attached hydrogens (tertiary/aromatic N) is 1. The lowest BCUT2D eigenvalue weighted by Crippen LogP contribution is -2.35. The van der Waals surface area contributed by atoms with Crippen molar-refractivity contribution in [3.8, 4) is 0 Å². The van der Waals surface area contributed by atoms with Crippen molar-refractivity contribution in [3.63, 3.8) is 0 Å². The SMILES string of the molecule is O=C(O)C(CN1CCCc2ccccc21)c1ccccc1. The number of hydrogen-bond acceptors (Lipinski definition) is 2. The fourth-order valence-electron chi connectivity index (χ4n) is 3.03. The maximum atomic E-state index is 11.7. The highest BCUT2D eigenvalue weighted by Gasteiger charge is 2.25. The molecule has 0 amide bonds. The molecule has 1 heterocycles. The zero-order valence-electron chi connectivity index (χ0n) is 11.9. The second-order valence-electron chi connectivity index (χ2n) is 5.48. The van der Waals surface area contributed by atoms with Crippen LogP contribution in [0.2, 0.25) is 0 Å². The van der Waals surface area contributed by atoms with Gasteiger partial charge in [0.15, 0.2) is 0 Å². The Morgan fingerprint density at radius 2 is 1.81 bits per heavy atom. The van der Waals surface area contributed by atoms with Gasteiger partial charge in [0.05, 0.1) is 5.92 Å². The third-order valence-corrected chi connectivity index (χ3v) is 4.11. The van der Waals surface area contributed by atoms with E-state index in [4.69, 9.17) is 0 Å². The molecular formula is C18H19NO2. The van der Waals surface area contributed by atoms with Crippen LogP contribution >= 0.6 is 0 Å². The van der Waals surface area contributed by atoms with Crippen molar-refractivity contribution < 1.29 is 9.90 Å². The van der Waals surface area contributed by atoms with Gasteiger partial charge in [0.2, 0.25) is 0 Å². The molecule has 3 nitrogen and oxygen atoms in total. The zero-order chi connectivity index (χ0) is 14.7. The number of hydrogen-bond donors (Lipinski definition) is 1. The number of fused-ring (bicyclic) bond motifs is 1. The number of carbonyl (C=O) groups is 1. The third kappa shape index (κ3) is 2.92. The van der Waals surface area contributed by atoms with Gasteiger partial charge in [-0.2, -0.15) is 0 Å². The Kier molecular flexibility index (Phi) is 3.91. The van der Waals surface area contributed by atoms with Crippen molar-refractivity contribution in [1.29, 1.82) is 0 Å². The molecule has 0 saturated heterocycles. The quantitative estimate of drug-likeness (QED) is 0.934. The lowest BCUT2D eigenvalue weighted by Gasteiger charge is -2.33. The summed E-state index contributed by atoms with van der Waals surface area (Å²) < 4.78 is 0. The van der Waals surface area contributed by atoms with Gasteiger partial charge in [-0.1, -0.05) is 48.5 Å². The van der Waals surface area contributed by atoms with Crippen molar-refractivity contribution in [1.82, 2.24) is 0 Å². The van der Waals surface area contributed by atoms with Crippen molar-refractivity contribution in [2.24, 2.45) is 0 Å². The molecule has 2 aromatic rings. The summed E-state index contributed by atoms with van der Waals surface area (Å²) in [5.74, 6) is -1.25. The number of benzene rings is 2. The normalized spacial score (nSPS) is 15.3. The molecule has 108 valence electrons. The standard InChI is InChI=1S/C18H19NO2/c20-18(21)16(14-7-2-1-3-8-14)13-19-12-6-10-15-9-4-5-11-17(15)19/h1-5,7-9,11,16H,6,10,12-13H2,(H,20,21). The van der Waals surface area contributed by atoms with Gasteiger partial charge < -0.3 is 10.0 Å². The molecule has 1 atom stereocenters. The Labute approximate surface area is 124 Å². The first-order valence-corrected chi connectivity index (χ1v) is 7.36. The predicted octanol–water partition coefficient (Wildman–Crippen LogP) is 3.31. The molecule has 0 fully saturated rings. The fourth-order valence-corrected chi connectivity index (χ4v) is 3.03. The molecule has 2 aromatic carbocycles. The minimum atomic E-state index is -0.760. The Balaban J connectivity index is 1.86. The van der Waals surface area contributed by atoms with Crippen LogP contribution in [0.4, 0.5) is 5.69 Å². The fraction of sp³-hybridized carbons (Fsp3) is 0.278. The van der Waals surface area contributed by atoms with Crippen molar-refractivity contribution in [2.45, 2.75) is 18.8 Å². The third-order valence-electron chi connectivity index (χ3n) is 4.11. The molecule has 0 aliphatic carbocycles. The molecule has 0 spiro atoms. The highest BCUT2D eigenvalue weighted by atomic mass is 16.4. The van der Waals surface area contributed by atoms with E-state index < -0.39 is 11.9 Å². The highest BCUT2D eigenvalue weighted by molar-refractivity contribution is 5.77. The first kappa shape index (κ1) is 13.7. The molecule has 21 heavy (non-hydrogen) atoms. The summed E-state index contributed by atoms with van der Waals surface area (Å²) in [4.78, 5) is 13.9. The summed E-state index contributed by atoms with van der Waals surface area (Å²) in [5.41, 5.74) is 3.37. The van der Waals surface area contributed by atoms with Gasteiger partial charge in [0, 0.05) is 18.8 Å². The Bertz CT molecular complexity index is 624. The minimum absolute atomic E-state index is 0.489. The molecule has 1 N–H and O–H groups in total. The summed E-state index contributed by atoms with van der Waals surface area (Å²) in [6.45, 7) is 1.45. The van der Waals surface area contributed by atoms with Crippen LogP contribution in [-0.4, -0.2) is 24.2 Å². The van der Waals surface area contributed by atoms with E-state index in [1.807, 2.05) is 42.5 Å². The summed E-state index contributed by atoms with van der Waals surface area (Å²) in [6, 6.07) is 17.8. The van der Waals surface area contributed by atoms with Crippen LogP contribution < -0.4 is 4.90 Å². The monoisotopic (exact) mass is 281 g/mol. The summed E-state index contributed by atoms with van der Waals surface area (Å²) in [7, 11) is 0. The van der Waals surface area contributed by atoms with Crippen LogP contribution in [0, 0.1) is 0 Å². The van der Waals surface area contributed by atoms with Gasteiger partial charge in [0.1, 0.15) is 0 Å². The van der Waals surface area contributed by atoms with Crippen LogP contribution in [0.5, 0.6) is 0 Å². The summed E-state index contributed by atoms with van der Waals surface area (Å²) in [5, 5.41) is 9.58. The average Bonchev–Trinajstić information content (AvgIpc) is 2.53. The maximum Gasteiger partial charge on any atom is 0.312 e. The second-order valence-corrected chi connectivity index (χ2v) is 5.48. The van der Waals surface area contributed by atoms with Crippen molar-refractivity contribution in [3.05, 3.63) is 65.7 Å². The van der Waals surface area contributed by atoms with Gasteiger partial charge in [0.25, 0.3) is 0 Å². The highest BCUT2D eigenvalue weighted by Crippen LogP contribution is 2.29. The van der Waals surface area contributed by atoms with Crippen molar-refractivity contribution >= 4 is 11.7 Å². The smallest absolute Gasteiger partial charge is 0.312 e. The van der Waals surface area contributed by atoms with Gasteiger partial charge in [-0.15, -0.1) is 0 Å². The molecule has 3 heteroatoms. The largest absolute Gasteiger partial charge is 0.481 e. The van der Waals surface area contributed by atoms with E-state index in [2.05, 4.69) is 17.0 Å². The van der Waals surface area contributed by atoms with Crippen LogP contribution in [0.1, 0.15) is 23.5 Å². The second kappa shape index (κ2) is 6.00. The molecular weight excluding hydrogens is 262 g/mol. The van der Waals surface area contributed by atoms with E-state index in [1.165, 1.54) is 11.3 Å². The van der Waals surface area contributed by atoms with E-state index in [9.17, 15) is 9.90 Å². The first-order valence-electron chi connectivity index (χ1n) is 7.36. The Hall–Kier alpha value is -2.29. The molecule has 0 radical (unpaired) electrons. The summed E-state index contributed by atoms with van der Waals surface area (Å²) in [6.07, 6.45) is 2.16. The lowest BCUT2D eigenvalue weighted by molar-refractivity contribution is -0.138. The molecule has 3 rings (SSSR count). The van der Waals surface area contributed by atoms with Gasteiger partial charge in [-0.25, -0.2) is 0 Å². The van der Waals surface area contributed by atoms with E-state index in [0.29, 0.717) is 6.54 Å². The van der Waals surface area contributed by atoms with E-state index in [1.54, 1.807) is 0 Å². The Morgan fingerprint density at radius 1 is 1.10 bits per heavy atom. The number of para-hydroxylation sites is 1. The lowest BCUT2D eigenvalue weighted by atomic mass is 9.96. The molecule has 0 saturated carbocycles. The number of anilines is 1. The number of carboxylic acids is 1. The topological polar surface area (TPSA) is 40.5 Å². The molecule has 0 aromatic heterocycles. The number of aryl methyl sites for hydroxylation is 1. The number of rotatable bonds is 4. The predicted molar refractivity (Wildman–Crippen MR) is 83.8 cm³/mol. The van der Waals surface area contributed by atoms with Crippen LogP contribution in [0.15, 0.2) is 54.6 Å². The van der Waals surface area contributed by atoms with E-state index in [0.717, 1.165) is 24.9 Å².